The van der Waals surface area contributed by atoms with Gasteiger partial charge in [-0.25, -0.2) is 9.50 Å². The molecule has 0 aliphatic heterocycles. The molecule has 2 aromatic rings. The van der Waals surface area contributed by atoms with Crippen LogP contribution in [0.25, 0.3) is 5.52 Å². The molecule has 1 aliphatic rings. The smallest absolute Gasteiger partial charge is 0.253 e. The lowest BCUT2D eigenvalue weighted by Gasteiger charge is -2.04. The van der Waals surface area contributed by atoms with E-state index in [4.69, 9.17) is 5.73 Å². The second kappa shape index (κ2) is 8.24. The van der Waals surface area contributed by atoms with Crippen LogP contribution in [0.3, 0.4) is 0 Å². The summed E-state index contributed by atoms with van der Waals surface area (Å²) in [5, 5.41) is 16.7. The maximum atomic E-state index is 12.2. The first kappa shape index (κ1) is 19.1. The van der Waals surface area contributed by atoms with Gasteiger partial charge in [0.1, 0.15) is 11.8 Å². The van der Waals surface area contributed by atoms with Crippen molar-refractivity contribution in [3.05, 3.63) is 58.2 Å². The summed E-state index contributed by atoms with van der Waals surface area (Å²) in [6.45, 7) is 6.82. The van der Waals surface area contributed by atoms with Gasteiger partial charge in [0.15, 0.2) is 5.82 Å². The monoisotopic (exact) mass is 358 g/mol. The Morgan fingerprint density at radius 3 is 2.77 bits per heavy atom. The molecule has 0 unspecified atom stereocenters. The van der Waals surface area contributed by atoms with Gasteiger partial charge < -0.3 is 11.1 Å². The van der Waals surface area contributed by atoms with Crippen molar-refractivity contribution in [1.82, 2.24) is 19.9 Å². The molecule has 3 N–H and O–H groups in total. The Labute approximate surface area is 150 Å². The molecule has 2 aromatic heterocycles. The number of amides is 1. The van der Waals surface area contributed by atoms with E-state index in [1.165, 1.54) is 19.3 Å². The lowest BCUT2D eigenvalue weighted by molar-refractivity contribution is -0.424. The van der Waals surface area contributed by atoms with Gasteiger partial charge in [0.05, 0.1) is 10.5 Å². The molecule has 0 saturated heterocycles. The van der Waals surface area contributed by atoms with E-state index in [-0.39, 0.29) is 11.6 Å². The Hall–Kier alpha value is -3.23. The Kier molecular flexibility index (Phi) is 6.05. The fraction of sp³-hybridized carbons (Fsp3) is 0.353. The fourth-order valence-electron chi connectivity index (χ4n) is 2.24. The number of hydrogen-bond acceptors (Lipinski definition) is 6. The van der Waals surface area contributed by atoms with E-state index in [0.29, 0.717) is 29.4 Å². The number of aromatic nitrogens is 3. The number of nitrogens with one attached hydrogen (secondary N) is 1. The van der Waals surface area contributed by atoms with Crippen LogP contribution in [-0.2, 0) is 6.42 Å². The van der Waals surface area contributed by atoms with Crippen molar-refractivity contribution in [3.63, 3.8) is 0 Å². The number of carbonyl (C=O) groups is 1. The van der Waals surface area contributed by atoms with Crippen LogP contribution < -0.4 is 11.1 Å². The molecule has 1 amide bonds. The Morgan fingerprint density at radius 1 is 1.58 bits per heavy atom. The van der Waals surface area contributed by atoms with Gasteiger partial charge in [-0.2, -0.15) is 5.10 Å². The van der Waals surface area contributed by atoms with Gasteiger partial charge in [-0.3, -0.25) is 14.9 Å². The molecule has 0 atom stereocenters. The van der Waals surface area contributed by atoms with Crippen LogP contribution in [0.2, 0.25) is 0 Å². The average Bonchev–Trinajstić information content (AvgIpc) is 3.34. The first-order valence-electron chi connectivity index (χ1n) is 8.18. The summed E-state index contributed by atoms with van der Waals surface area (Å²) in [5.74, 6) is 0.293. The van der Waals surface area contributed by atoms with Gasteiger partial charge in [0.25, 0.3) is 5.91 Å². The zero-order valence-corrected chi connectivity index (χ0v) is 14.8. The zero-order chi connectivity index (χ0) is 19.3. The second-order valence-electron chi connectivity index (χ2n) is 5.89. The van der Waals surface area contributed by atoms with E-state index in [0.717, 1.165) is 18.4 Å². The molecule has 9 nitrogen and oxygen atoms in total. The number of nitrogens with two attached hydrogens (primary N) is 1. The summed E-state index contributed by atoms with van der Waals surface area (Å²) in [5.41, 5.74) is 8.18. The maximum absolute atomic E-state index is 12.2. The molecule has 1 saturated carbocycles. The first-order chi connectivity index (χ1) is 12.4. The fourth-order valence-corrected chi connectivity index (χ4v) is 2.24. The molecule has 9 heteroatoms. The van der Waals surface area contributed by atoms with Gasteiger partial charge >= 0.3 is 0 Å². The molecule has 1 aliphatic carbocycles. The highest BCUT2D eigenvalue weighted by Crippen LogP contribution is 2.24. The van der Waals surface area contributed by atoms with E-state index in [2.05, 4.69) is 22.0 Å². The van der Waals surface area contributed by atoms with Gasteiger partial charge in [0.2, 0.25) is 5.70 Å². The van der Waals surface area contributed by atoms with Gasteiger partial charge in [-0.15, -0.1) is 6.58 Å². The van der Waals surface area contributed by atoms with Crippen LogP contribution in [0.1, 0.15) is 42.6 Å². The highest BCUT2D eigenvalue weighted by molar-refractivity contribution is 5.99. The van der Waals surface area contributed by atoms with Crippen molar-refractivity contribution in [3.8, 4) is 0 Å². The number of allylic oxidation sites excluding steroid dienone is 3. The Balaban J connectivity index is 0.000000298. The second-order valence-corrected chi connectivity index (χ2v) is 5.89. The number of carbonyl (C=O) groups excluding carboxylic acids is 1. The van der Waals surface area contributed by atoms with Crippen molar-refractivity contribution >= 4 is 17.2 Å². The number of anilines is 1. The van der Waals surface area contributed by atoms with Gasteiger partial charge in [-0.1, -0.05) is 6.08 Å². The number of nitrogens with zero attached hydrogens (tertiary/aromatic N) is 4. The predicted molar refractivity (Wildman–Crippen MR) is 98.2 cm³/mol. The number of fused-ring (bicyclic) bond motifs is 1. The van der Waals surface area contributed by atoms with Crippen molar-refractivity contribution in [2.24, 2.45) is 0 Å². The first-order valence-corrected chi connectivity index (χ1v) is 8.18. The van der Waals surface area contributed by atoms with Crippen molar-refractivity contribution in [2.45, 2.75) is 39.2 Å². The maximum Gasteiger partial charge on any atom is 0.253 e. The third-order valence-corrected chi connectivity index (χ3v) is 3.92. The van der Waals surface area contributed by atoms with Crippen molar-refractivity contribution < 1.29 is 9.72 Å². The SMILES string of the molecule is C/C=C(\C)[N+](=O)[O-].C=CCc1c(C(=O)NC2CC2)cn2ncnc(N)c12. The molecule has 26 heavy (non-hydrogen) atoms. The molecule has 0 bridgehead atoms. The minimum Gasteiger partial charge on any atom is -0.382 e. The van der Waals surface area contributed by atoms with Crippen LogP contribution in [0.4, 0.5) is 5.82 Å². The lowest BCUT2D eigenvalue weighted by atomic mass is 10.1. The van der Waals surface area contributed by atoms with Gasteiger partial charge in [-0.05, 0) is 37.8 Å². The van der Waals surface area contributed by atoms with E-state index in [1.54, 1.807) is 23.7 Å². The molecule has 2 heterocycles. The third-order valence-electron chi connectivity index (χ3n) is 3.92. The van der Waals surface area contributed by atoms with E-state index in [9.17, 15) is 14.9 Å². The summed E-state index contributed by atoms with van der Waals surface area (Å²) < 4.78 is 1.60. The van der Waals surface area contributed by atoms with Crippen molar-refractivity contribution in [1.29, 1.82) is 0 Å². The minimum absolute atomic E-state index is 0.0794. The lowest BCUT2D eigenvalue weighted by Crippen LogP contribution is -2.25. The van der Waals surface area contributed by atoms with E-state index in [1.807, 2.05) is 0 Å². The number of nitro groups is 1. The predicted octanol–water partition coefficient (Wildman–Crippen LogP) is 2.12. The van der Waals surface area contributed by atoms with Crippen LogP contribution in [0.15, 0.2) is 37.0 Å². The molecular formula is C17H22N6O3. The Bertz CT molecular complexity index is 867. The standard InChI is InChI=1S/C13H15N5O.C4H7NO2/c1-2-3-9-10(13(19)17-8-4-5-8)6-18-11(9)12(14)15-7-16-18;1-3-4(2)5(6)7/h2,6-8H,1,3-5H2,(H,17,19)(H2,14,15,16);3H,1-2H3/b;4-3+. The highest BCUT2D eigenvalue weighted by atomic mass is 16.6. The average molecular weight is 358 g/mol. The van der Waals surface area contributed by atoms with Crippen molar-refractivity contribution in [2.75, 3.05) is 5.73 Å². The largest absolute Gasteiger partial charge is 0.382 e. The number of hydrogen-bond donors (Lipinski definition) is 2. The van der Waals surface area contributed by atoms with Crippen LogP contribution in [-0.4, -0.2) is 31.5 Å². The van der Waals surface area contributed by atoms with Gasteiger partial charge in [0, 0.05) is 19.2 Å². The molecule has 0 radical (unpaired) electrons. The molecule has 1 fully saturated rings. The van der Waals surface area contributed by atoms with Crippen LogP contribution >= 0.6 is 0 Å². The normalized spacial score (nSPS) is 13.7. The molecule has 0 aromatic carbocycles. The number of rotatable bonds is 5. The summed E-state index contributed by atoms with van der Waals surface area (Å²) >= 11 is 0. The van der Waals surface area contributed by atoms with E-state index >= 15 is 0 Å². The molecular weight excluding hydrogens is 336 g/mol. The topological polar surface area (TPSA) is 128 Å². The highest BCUT2D eigenvalue weighted by Gasteiger charge is 2.26. The summed E-state index contributed by atoms with van der Waals surface area (Å²) in [7, 11) is 0. The van der Waals surface area contributed by atoms with E-state index < -0.39 is 4.92 Å². The molecule has 138 valence electrons. The van der Waals surface area contributed by atoms with Crippen LogP contribution in [0, 0.1) is 10.1 Å². The third kappa shape index (κ3) is 4.44. The Morgan fingerprint density at radius 2 is 2.27 bits per heavy atom. The summed E-state index contributed by atoms with van der Waals surface area (Å²) in [4.78, 5) is 25.5. The molecule has 3 rings (SSSR count). The quantitative estimate of drug-likeness (QED) is 0.478. The molecule has 0 spiro atoms. The summed E-state index contributed by atoms with van der Waals surface area (Å²) in [6, 6.07) is 0.315. The zero-order valence-electron chi connectivity index (χ0n) is 14.8. The van der Waals surface area contributed by atoms with Crippen LogP contribution in [0.5, 0.6) is 0 Å². The minimum atomic E-state index is -0.417. The number of nitrogen functional groups attached to an aromatic ring is 1. The summed E-state index contributed by atoms with van der Waals surface area (Å²) in [6.07, 6.45) is 8.94.